The van der Waals surface area contributed by atoms with Gasteiger partial charge in [0.25, 0.3) is 0 Å². The monoisotopic (exact) mass is 361 g/mol. The Balaban J connectivity index is 1.61. The van der Waals surface area contributed by atoms with Gasteiger partial charge in [0.2, 0.25) is 0 Å². The molecule has 0 bridgehead atoms. The van der Waals surface area contributed by atoms with Gasteiger partial charge < -0.3 is 4.74 Å². The van der Waals surface area contributed by atoms with Crippen LogP contribution in [-0.2, 0) is 4.74 Å². The molecule has 150 valence electrons. The molecule has 0 aromatic heterocycles. The molecule has 0 radical (unpaired) electrons. The Hall–Kier alpha value is -0.550. The average molecular weight is 362 g/mol. The molecule has 0 N–H and O–H groups in total. The predicted molar refractivity (Wildman–Crippen MR) is 110 cm³/mol. The van der Waals surface area contributed by atoms with Gasteiger partial charge in [0.1, 0.15) is 0 Å². The molecule has 0 aromatic rings. The quantitative estimate of drug-likeness (QED) is 0.359. The summed E-state index contributed by atoms with van der Waals surface area (Å²) in [6.45, 7) is 5.54. The minimum absolute atomic E-state index is 0.0374. The van der Waals surface area contributed by atoms with Crippen LogP contribution in [0.2, 0.25) is 0 Å². The van der Waals surface area contributed by atoms with Gasteiger partial charge in [-0.15, -0.1) is 0 Å². The first-order valence-electron chi connectivity index (χ1n) is 11.7. The first-order valence-corrected chi connectivity index (χ1v) is 11.7. The fourth-order valence-electron chi connectivity index (χ4n) is 5.16. The van der Waals surface area contributed by atoms with Crippen molar-refractivity contribution in [1.29, 1.82) is 5.26 Å². The highest BCUT2D eigenvalue weighted by molar-refractivity contribution is 5.01. The summed E-state index contributed by atoms with van der Waals surface area (Å²) in [6, 6.07) is 2.70. The van der Waals surface area contributed by atoms with E-state index in [0.717, 1.165) is 50.5 Å². The summed E-state index contributed by atoms with van der Waals surface area (Å²) in [6.07, 6.45) is 20.7. The first kappa shape index (κ1) is 21.7. The Kier molecular flexibility index (Phi) is 10.1. The number of hydrogen-bond donors (Lipinski definition) is 0. The molecule has 2 aliphatic carbocycles. The summed E-state index contributed by atoms with van der Waals surface area (Å²) in [5.74, 6) is 1.78. The van der Waals surface area contributed by atoms with Gasteiger partial charge in [0, 0.05) is 6.61 Å². The summed E-state index contributed by atoms with van der Waals surface area (Å²) < 4.78 is 6.30. The molecule has 0 saturated heterocycles. The molecule has 0 aromatic carbocycles. The van der Waals surface area contributed by atoms with Crippen LogP contribution in [0.3, 0.4) is 0 Å². The molecular weight excluding hydrogens is 318 g/mol. The first-order chi connectivity index (χ1) is 12.7. The lowest BCUT2D eigenvalue weighted by atomic mass is 9.71. The second kappa shape index (κ2) is 12.0. The standard InChI is InChI=1S/C24H43NO/c1-3-5-6-7-8-16-24(20-25)17-14-23(15-18-24)26-19-22-12-10-21(9-4-2)11-13-22/h21-23H,3-19H2,1-2H3/t21-,22-,23-,24-. The smallest absolute Gasteiger partial charge is 0.0689 e. The second-order valence-electron chi connectivity index (χ2n) is 9.26. The number of ether oxygens (including phenoxy) is 1. The molecule has 0 aliphatic heterocycles. The maximum absolute atomic E-state index is 9.74. The highest BCUT2D eigenvalue weighted by Crippen LogP contribution is 2.41. The van der Waals surface area contributed by atoms with Crippen LogP contribution in [0.5, 0.6) is 0 Å². The van der Waals surface area contributed by atoms with E-state index < -0.39 is 0 Å². The molecule has 2 heteroatoms. The van der Waals surface area contributed by atoms with Crippen LogP contribution < -0.4 is 0 Å². The van der Waals surface area contributed by atoms with Crippen LogP contribution in [0.1, 0.15) is 117 Å². The number of rotatable bonds is 11. The van der Waals surface area contributed by atoms with E-state index in [9.17, 15) is 5.26 Å². The van der Waals surface area contributed by atoms with Crippen molar-refractivity contribution in [3.8, 4) is 6.07 Å². The molecule has 0 amide bonds. The highest BCUT2D eigenvalue weighted by atomic mass is 16.5. The fourth-order valence-corrected chi connectivity index (χ4v) is 5.16. The largest absolute Gasteiger partial charge is 0.378 e. The lowest BCUT2D eigenvalue weighted by Gasteiger charge is -2.36. The van der Waals surface area contributed by atoms with Crippen molar-refractivity contribution < 1.29 is 4.74 Å². The van der Waals surface area contributed by atoms with Gasteiger partial charge in [-0.05, 0) is 56.8 Å². The van der Waals surface area contributed by atoms with Crippen molar-refractivity contribution >= 4 is 0 Å². The maximum Gasteiger partial charge on any atom is 0.0689 e. The molecular formula is C24H43NO. The van der Waals surface area contributed by atoms with Crippen LogP contribution in [-0.4, -0.2) is 12.7 Å². The second-order valence-corrected chi connectivity index (χ2v) is 9.26. The summed E-state index contributed by atoms with van der Waals surface area (Å²) in [7, 11) is 0. The normalized spacial score (nSPS) is 32.3. The SMILES string of the molecule is CCCCCCC[C@]1(C#N)CC[C@H](OC[C@H]2CC[C@H](CCC)CC2)CC1. The Morgan fingerprint density at radius 3 is 2.12 bits per heavy atom. The van der Waals surface area contributed by atoms with E-state index in [0.29, 0.717) is 6.10 Å². The molecule has 0 spiro atoms. The maximum atomic E-state index is 9.74. The molecule has 2 aliphatic rings. The lowest BCUT2D eigenvalue weighted by Crippen LogP contribution is -2.31. The van der Waals surface area contributed by atoms with E-state index in [1.807, 2.05) is 0 Å². The van der Waals surface area contributed by atoms with Crippen molar-refractivity contribution in [1.82, 2.24) is 0 Å². The van der Waals surface area contributed by atoms with Crippen molar-refractivity contribution in [2.75, 3.05) is 6.61 Å². The Morgan fingerprint density at radius 1 is 0.846 bits per heavy atom. The summed E-state index contributed by atoms with van der Waals surface area (Å²) in [5.41, 5.74) is -0.0374. The number of nitriles is 1. The van der Waals surface area contributed by atoms with Gasteiger partial charge in [0.15, 0.2) is 0 Å². The van der Waals surface area contributed by atoms with Gasteiger partial charge in [-0.1, -0.05) is 71.6 Å². The highest BCUT2D eigenvalue weighted by Gasteiger charge is 2.35. The zero-order valence-corrected chi connectivity index (χ0v) is 17.6. The van der Waals surface area contributed by atoms with Crippen molar-refractivity contribution in [3.05, 3.63) is 0 Å². The molecule has 0 atom stereocenters. The van der Waals surface area contributed by atoms with Crippen LogP contribution in [0.4, 0.5) is 0 Å². The number of unbranched alkanes of at least 4 members (excludes halogenated alkanes) is 4. The van der Waals surface area contributed by atoms with Crippen LogP contribution in [0, 0.1) is 28.6 Å². The number of nitrogens with zero attached hydrogens (tertiary/aromatic N) is 1. The third-order valence-corrected chi connectivity index (χ3v) is 7.12. The van der Waals surface area contributed by atoms with Crippen molar-refractivity contribution in [3.63, 3.8) is 0 Å². The Bertz CT molecular complexity index is 397. The Morgan fingerprint density at radius 2 is 1.50 bits per heavy atom. The predicted octanol–water partition coefficient (Wildman–Crippen LogP) is 7.42. The van der Waals surface area contributed by atoms with E-state index >= 15 is 0 Å². The summed E-state index contributed by atoms with van der Waals surface area (Å²) in [5, 5.41) is 9.74. The van der Waals surface area contributed by atoms with Crippen molar-refractivity contribution in [2.24, 2.45) is 17.3 Å². The fraction of sp³-hybridized carbons (Fsp3) is 0.958. The summed E-state index contributed by atoms with van der Waals surface area (Å²) >= 11 is 0. The van der Waals surface area contributed by atoms with E-state index in [-0.39, 0.29) is 5.41 Å². The average Bonchev–Trinajstić information content (AvgIpc) is 2.68. The van der Waals surface area contributed by atoms with Gasteiger partial charge in [0.05, 0.1) is 17.6 Å². The minimum Gasteiger partial charge on any atom is -0.378 e. The topological polar surface area (TPSA) is 33.0 Å². The van der Waals surface area contributed by atoms with Crippen LogP contribution in [0.15, 0.2) is 0 Å². The molecule has 0 heterocycles. The summed E-state index contributed by atoms with van der Waals surface area (Å²) in [4.78, 5) is 0. The zero-order chi connectivity index (χ0) is 18.7. The lowest BCUT2D eigenvalue weighted by molar-refractivity contribution is -0.0184. The van der Waals surface area contributed by atoms with Gasteiger partial charge in [-0.3, -0.25) is 0 Å². The van der Waals surface area contributed by atoms with Crippen LogP contribution in [0.25, 0.3) is 0 Å². The number of hydrogen-bond acceptors (Lipinski definition) is 2. The van der Waals surface area contributed by atoms with E-state index in [4.69, 9.17) is 4.74 Å². The third kappa shape index (κ3) is 7.22. The zero-order valence-electron chi connectivity index (χ0n) is 17.6. The van der Waals surface area contributed by atoms with Crippen LogP contribution >= 0.6 is 0 Å². The molecule has 2 fully saturated rings. The van der Waals surface area contributed by atoms with E-state index in [1.165, 1.54) is 70.6 Å². The minimum atomic E-state index is -0.0374. The van der Waals surface area contributed by atoms with Gasteiger partial charge in [-0.2, -0.15) is 5.26 Å². The van der Waals surface area contributed by atoms with Crippen molar-refractivity contribution in [2.45, 2.75) is 123 Å². The Labute approximate surface area is 163 Å². The van der Waals surface area contributed by atoms with E-state index in [1.54, 1.807) is 0 Å². The molecule has 2 nitrogen and oxygen atoms in total. The molecule has 2 rings (SSSR count). The van der Waals surface area contributed by atoms with Gasteiger partial charge >= 0.3 is 0 Å². The molecule has 26 heavy (non-hydrogen) atoms. The van der Waals surface area contributed by atoms with Gasteiger partial charge in [-0.25, -0.2) is 0 Å². The molecule has 0 unspecified atom stereocenters. The molecule has 2 saturated carbocycles. The van der Waals surface area contributed by atoms with E-state index in [2.05, 4.69) is 19.9 Å². The third-order valence-electron chi connectivity index (χ3n) is 7.12.